The smallest absolute Gasteiger partial charge is 0.0180 e. The third-order valence-corrected chi connectivity index (χ3v) is 4.76. The maximum Gasteiger partial charge on any atom is 0.0180 e. The number of hydrogen-bond donors (Lipinski definition) is 1. The van der Waals surface area contributed by atoms with Crippen molar-refractivity contribution >= 4 is 11.8 Å². The number of nitrogens with two attached hydrogens (primary N) is 1. The predicted octanol–water partition coefficient (Wildman–Crippen LogP) is 2.51. The Hall–Kier alpha value is -0.510. The Balaban J connectivity index is 1.91. The predicted molar refractivity (Wildman–Crippen MR) is 81.0 cm³/mol. The van der Waals surface area contributed by atoms with Crippen molar-refractivity contribution in [3.63, 3.8) is 0 Å². The standard InChI is InChI=1S/C15H24N2S/c1-12-10-17(11-13(2)18-12)8-7-14-5-3-4-6-15(14)9-16/h3-6,12-13H,7-11,16H2,1-2H3. The molecule has 1 fully saturated rings. The molecule has 0 radical (unpaired) electrons. The molecular formula is C15H24N2S. The Morgan fingerprint density at radius 3 is 2.39 bits per heavy atom. The van der Waals surface area contributed by atoms with E-state index in [0.29, 0.717) is 6.54 Å². The lowest BCUT2D eigenvalue weighted by molar-refractivity contribution is 0.274. The molecule has 1 saturated heterocycles. The van der Waals surface area contributed by atoms with Crippen molar-refractivity contribution in [1.29, 1.82) is 0 Å². The second-order valence-corrected chi connectivity index (χ2v) is 7.12. The van der Waals surface area contributed by atoms with Crippen LogP contribution >= 0.6 is 11.8 Å². The third-order valence-electron chi connectivity index (χ3n) is 3.53. The summed E-state index contributed by atoms with van der Waals surface area (Å²) in [6, 6.07) is 8.56. The van der Waals surface area contributed by atoms with E-state index in [1.807, 2.05) is 0 Å². The number of nitrogens with zero attached hydrogens (tertiary/aromatic N) is 1. The van der Waals surface area contributed by atoms with Gasteiger partial charge in [0.25, 0.3) is 0 Å². The number of benzene rings is 1. The summed E-state index contributed by atoms with van der Waals surface area (Å²) < 4.78 is 0. The van der Waals surface area contributed by atoms with Crippen LogP contribution in [0.2, 0.25) is 0 Å². The normalized spacial score (nSPS) is 25.3. The van der Waals surface area contributed by atoms with Crippen LogP contribution < -0.4 is 5.73 Å². The summed E-state index contributed by atoms with van der Waals surface area (Å²) in [5, 5.41) is 1.53. The van der Waals surface area contributed by atoms with Gasteiger partial charge in [0, 0.05) is 36.7 Å². The fraction of sp³-hybridized carbons (Fsp3) is 0.600. The Bertz CT molecular complexity index is 371. The molecule has 0 spiro atoms. The summed E-state index contributed by atoms with van der Waals surface area (Å²) in [6.07, 6.45) is 1.12. The molecule has 100 valence electrons. The van der Waals surface area contributed by atoms with Gasteiger partial charge in [-0.1, -0.05) is 38.1 Å². The van der Waals surface area contributed by atoms with Crippen LogP contribution in [0, 0.1) is 0 Å². The molecule has 2 nitrogen and oxygen atoms in total. The highest BCUT2D eigenvalue weighted by Gasteiger charge is 2.21. The number of thioether (sulfide) groups is 1. The van der Waals surface area contributed by atoms with Gasteiger partial charge in [-0.05, 0) is 17.5 Å². The zero-order valence-corrected chi connectivity index (χ0v) is 12.2. The number of rotatable bonds is 4. The Morgan fingerprint density at radius 2 is 1.78 bits per heavy atom. The molecule has 1 aromatic carbocycles. The van der Waals surface area contributed by atoms with E-state index in [4.69, 9.17) is 5.73 Å². The molecule has 3 heteroatoms. The SMILES string of the molecule is CC1CN(CCc2ccccc2CN)CC(C)S1. The second-order valence-electron chi connectivity index (χ2n) is 5.24. The van der Waals surface area contributed by atoms with Crippen molar-refractivity contribution in [1.82, 2.24) is 4.90 Å². The van der Waals surface area contributed by atoms with Crippen molar-refractivity contribution in [3.05, 3.63) is 35.4 Å². The summed E-state index contributed by atoms with van der Waals surface area (Å²) in [7, 11) is 0. The van der Waals surface area contributed by atoms with Crippen LogP contribution in [0.25, 0.3) is 0 Å². The molecule has 2 atom stereocenters. The largest absolute Gasteiger partial charge is 0.326 e. The molecule has 18 heavy (non-hydrogen) atoms. The topological polar surface area (TPSA) is 29.3 Å². The van der Waals surface area contributed by atoms with E-state index in [2.05, 4.69) is 54.8 Å². The van der Waals surface area contributed by atoms with Gasteiger partial charge >= 0.3 is 0 Å². The highest BCUT2D eigenvalue weighted by atomic mass is 32.2. The molecule has 0 bridgehead atoms. The van der Waals surface area contributed by atoms with E-state index in [-0.39, 0.29) is 0 Å². The first-order chi connectivity index (χ1) is 8.69. The van der Waals surface area contributed by atoms with Crippen molar-refractivity contribution in [2.24, 2.45) is 5.73 Å². The van der Waals surface area contributed by atoms with Gasteiger partial charge in [0.05, 0.1) is 0 Å². The van der Waals surface area contributed by atoms with E-state index >= 15 is 0 Å². The summed E-state index contributed by atoms with van der Waals surface area (Å²) >= 11 is 2.11. The van der Waals surface area contributed by atoms with Gasteiger partial charge in [0.15, 0.2) is 0 Å². The lowest BCUT2D eigenvalue weighted by Crippen LogP contribution is -2.41. The third kappa shape index (κ3) is 3.74. The van der Waals surface area contributed by atoms with Crippen LogP contribution in [-0.2, 0) is 13.0 Å². The van der Waals surface area contributed by atoms with E-state index in [1.54, 1.807) is 0 Å². The maximum atomic E-state index is 5.79. The quantitative estimate of drug-likeness (QED) is 0.906. The summed E-state index contributed by atoms with van der Waals surface area (Å²) in [6.45, 7) is 8.92. The van der Waals surface area contributed by atoms with E-state index < -0.39 is 0 Å². The van der Waals surface area contributed by atoms with Crippen molar-refractivity contribution in [2.75, 3.05) is 19.6 Å². The Morgan fingerprint density at radius 1 is 1.17 bits per heavy atom. The molecule has 1 aliphatic heterocycles. The van der Waals surface area contributed by atoms with Crippen LogP contribution in [0.15, 0.2) is 24.3 Å². The van der Waals surface area contributed by atoms with Gasteiger partial charge in [-0.25, -0.2) is 0 Å². The Kier molecular flexibility index (Phi) is 5.10. The molecule has 0 aliphatic carbocycles. The lowest BCUT2D eigenvalue weighted by atomic mass is 10.0. The fourth-order valence-corrected chi connectivity index (χ4v) is 4.13. The highest BCUT2D eigenvalue weighted by Crippen LogP contribution is 2.24. The first-order valence-electron chi connectivity index (χ1n) is 6.83. The average Bonchev–Trinajstić information content (AvgIpc) is 2.35. The van der Waals surface area contributed by atoms with E-state index in [0.717, 1.165) is 23.5 Å². The summed E-state index contributed by atoms with van der Waals surface area (Å²) in [5.74, 6) is 0. The first kappa shape index (κ1) is 13.9. The van der Waals surface area contributed by atoms with Crippen LogP contribution in [-0.4, -0.2) is 35.0 Å². The molecule has 0 aromatic heterocycles. The molecule has 0 saturated carbocycles. The molecule has 2 N–H and O–H groups in total. The average molecular weight is 264 g/mol. The molecule has 1 heterocycles. The molecule has 1 aromatic rings. The zero-order valence-electron chi connectivity index (χ0n) is 11.4. The molecule has 0 amide bonds. The van der Waals surface area contributed by atoms with Gasteiger partial charge in [-0.2, -0.15) is 11.8 Å². The highest BCUT2D eigenvalue weighted by molar-refractivity contribution is 8.00. The molecule has 2 unspecified atom stereocenters. The summed E-state index contributed by atoms with van der Waals surface area (Å²) in [5.41, 5.74) is 8.50. The van der Waals surface area contributed by atoms with E-state index in [1.165, 1.54) is 24.2 Å². The van der Waals surface area contributed by atoms with Gasteiger partial charge in [-0.3, -0.25) is 0 Å². The first-order valence-corrected chi connectivity index (χ1v) is 7.78. The van der Waals surface area contributed by atoms with Crippen LogP contribution in [0.1, 0.15) is 25.0 Å². The molecule has 1 aliphatic rings. The van der Waals surface area contributed by atoms with Gasteiger partial charge in [0.2, 0.25) is 0 Å². The maximum absolute atomic E-state index is 5.79. The number of hydrogen-bond acceptors (Lipinski definition) is 3. The van der Waals surface area contributed by atoms with Crippen LogP contribution in [0.5, 0.6) is 0 Å². The summed E-state index contributed by atoms with van der Waals surface area (Å²) in [4.78, 5) is 2.60. The monoisotopic (exact) mass is 264 g/mol. The van der Waals surface area contributed by atoms with Crippen molar-refractivity contribution < 1.29 is 0 Å². The van der Waals surface area contributed by atoms with Crippen LogP contribution in [0.4, 0.5) is 0 Å². The molecular weight excluding hydrogens is 240 g/mol. The van der Waals surface area contributed by atoms with E-state index in [9.17, 15) is 0 Å². The van der Waals surface area contributed by atoms with Crippen molar-refractivity contribution in [3.8, 4) is 0 Å². The van der Waals surface area contributed by atoms with Gasteiger partial charge < -0.3 is 10.6 Å². The zero-order chi connectivity index (χ0) is 13.0. The van der Waals surface area contributed by atoms with Crippen molar-refractivity contribution in [2.45, 2.75) is 37.3 Å². The lowest BCUT2D eigenvalue weighted by Gasteiger charge is -2.34. The Labute approximate surface area is 115 Å². The van der Waals surface area contributed by atoms with Crippen LogP contribution in [0.3, 0.4) is 0 Å². The van der Waals surface area contributed by atoms with Gasteiger partial charge in [0.1, 0.15) is 0 Å². The minimum absolute atomic E-state index is 0.652. The second kappa shape index (κ2) is 6.60. The molecule has 2 rings (SSSR count). The fourth-order valence-electron chi connectivity index (χ4n) is 2.75. The van der Waals surface area contributed by atoms with Gasteiger partial charge in [-0.15, -0.1) is 0 Å². The minimum Gasteiger partial charge on any atom is -0.326 e. The minimum atomic E-state index is 0.652.